The van der Waals surface area contributed by atoms with E-state index in [0.29, 0.717) is 0 Å². The van der Waals surface area contributed by atoms with Crippen LogP contribution >= 0.6 is 0 Å². The number of rotatable bonds is 6. The third-order valence-corrected chi connectivity index (χ3v) is 3.37. The second kappa shape index (κ2) is 7.58. The van der Waals surface area contributed by atoms with Crippen LogP contribution in [0, 0.1) is 0 Å². The summed E-state index contributed by atoms with van der Waals surface area (Å²) in [4.78, 5) is 0. The molecule has 0 nitrogen and oxygen atoms in total. The van der Waals surface area contributed by atoms with E-state index in [4.69, 9.17) is 0 Å². The average molecular weight is 250 g/mol. The van der Waals surface area contributed by atoms with Crippen LogP contribution in [0.1, 0.15) is 37.3 Å². The molecular weight excluding hydrogens is 228 g/mol. The van der Waals surface area contributed by atoms with Crippen LogP contribution in [-0.2, 0) is 6.42 Å². The highest BCUT2D eigenvalue weighted by atomic mass is 14.1. The summed E-state index contributed by atoms with van der Waals surface area (Å²) in [6, 6.07) is 21.4. The standard InChI is InChI=1S/C19H22/c1-2-3-12-19(18-13-8-5-9-14-18)16-15-17-10-6-4-7-11-17/h4-11,13-14,16H,2-3,12,15H2,1H3/b19-16+. The van der Waals surface area contributed by atoms with Crippen molar-refractivity contribution in [2.24, 2.45) is 0 Å². The Kier molecular flexibility index (Phi) is 5.43. The predicted molar refractivity (Wildman–Crippen MR) is 84.1 cm³/mol. The average Bonchev–Trinajstić information content (AvgIpc) is 2.49. The molecule has 0 amide bonds. The van der Waals surface area contributed by atoms with Gasteiger partial charge < -0.3 is 0 Å². The normalized spacial score (nSPS) is 11.5. The van der Waals surface area contributed by atoms with E-state index in [9.17, 15) is 0 Å². The molecule has 0 radical (unpaired) electrons. The van der Waals surface area contributed by atoms with E-state index in [1.165, 1.54) is 36.0 Å². The quantitative estimate of drug-likeness (QED) is 0.634. The van der Waals surface area contributed by atoms with Crippen LogP contribution < -0.4 is 0 Å². The molecule has 0 heteroatoms. The van der Waals surface area contributed by atoms with E-state index in [2.05, 4.69) is 73.7 Å². The molecule has 0 heterocycles. The highest BCUT2D eigenvalue weighted by Gasteiger charge is 2.00. The summed E-state index contributed by atoms with van der Waals surface area (Å²) in [6.07, 6.45) is 7.09. The molecule has 0 bridgehead atoms. The summed E-state index contributed by atoms with van der Waals surface area (Å²) in [6.45, 7) is 2.25. The summed E-state index contributed by atoms with van der Waals surface area (Å²) in [5.41, 5.74) is 4.23. The molecule has 0 aliphatic rings. The van der Waals surface area contributed by atoms with Crippen molar-refractivity contribution >= 4 is 5.57 Å². The van der Waals surface area contributed by atoms with Gasteiger partial charge in [-0.05, 0) is 36.0 Å². The molecule has 0 unspecified atom stereocenters. The Bertz CT molecular complexity index is 494. The molecule has 0 saturated carbocycles. The van der Waals surface area contributed by atoms with Crippen molar-refractivity contribution in [2.45, 2.75) is 32.6 Å². The number of unbranched alkanes of at least 4 members (excludes halogenated alkanes) is 1. The van der Waals surface area contributed by atoms with E-state index in [1.807, 2.05) is 0 Å². The molecule has 0 N–H and O–H groups in total. The fourth-order valence-corrected chi connectivity index (χ4v) is 2.24. The van der Waals surface area contributed by atoms with Gasteiger partial charge in [0.05, 0.1) is 0 Å². The molecular formula is C19H22. The van der Waals surface area contributed by atoms with E-state index < -0.39 is 0 Å². The Morgan fingerprint density at radius 3 is 2.16 bits per heavy atom. The number of hydrogen-bond acceptors (Lipinski definition) is 0. The number of allylic oxidation sites excluding steroid dienone is 2. The first-order valence-corrected chi connectivity index (χ1v) is 7.18. The van der Waals surface area contributed by atoms with Crippen LogP contribution in [0.4, 0.5) is 0 Å². The van der Waals surface area contributed by atoms with Gasteiger partial charge in [0.15, 0.2) is 0 Å². The molecule has 0 saturated heterocycles. The van der Waals surface area contributed by atoms with Gasteiger partial charge in [0.25, 0.3) is 0 Å². The Morgan fingerprint density at radius 1 is 0.895 bits per heavy atom. The third kappa shape index (κ3) is 4.40. The molecule has 98 valence electrons. The molecule has 0 aromatic heterocycles. The molecule has 0 fully saturated rings. The fraction of sp³-hybridized carbons (Fsp3) is 0.263. The SMILES string of the molecule is CCCC/C(=C\Cc1ccccc1)c1ccccc1. The fourth-order valence-electron chi connectivity index (χ4n) is 2.24. The largest absolute Gasteiger partial charge is 0.0763 e. The van der Waals surface area contributed by atoms with E-state index in [0.717, 1.165) is 6.42 Å². The summed E-state index contributed by atoms with van der Waals surface area (Å²) < 4.78 is 0. The monoisotopic (exact) mass is 250 g/mol. The summed E-state index contributed by atoms with van der Waals surface area (Å²) in [5.74, 6) is 0. The maximum absolute atomic E-state index is 2.39. The van der Waals surface area contributed by atoms with Crippen molar-refractivity contribution < 1.29 is 0 Å². The number of benzene rings is 2. The van der Waals surface area contributed by atoms with E-state index >= 15 is 0 Å². The van der Waals surface area contributed by atoms with Gasteiger partial charge in [-0.1, -0.05) is 80.1 Å². The first-order chi connectivity index (χ1) is 9.40. The zero-order valence-electron chi connectivity index (χ0n) is 11.7. The van der Waals surface area contributed by atoms with Crippen molar-refractivity contribution in [3.63, 3.8) is 0 Å². The zero-order valence-corrected chi connectivity index (χ0v) is 11.7. The topological polar surface area (TPSA) is 0 Å². The van der Waals surface area contributed by atoms with Crippen molar-refractivity contribution in [1.82, 2.24) is 0 Å². The van der Waals surface area contributed by atoms with Crippen molar-refractivity contribution in [2.75, 3.05) is 0 Å². The lowest BCUT2D eigenvalue weighted by atomic mass is 9.98. The highest BCUT2D eigenvalue weighted by molar-refractivity contribution is 5.65. The smallest absolute Gasteiger partial charge is 0.00914 e. The molecule has 0 aliphatic carbocycles. The van der Waals surface area contributed by atoms with E-state index in [-0.39, 0.29) is 0 Å². The molecule has 19 heavy (non-hydrogen) atoms. The molecule has 2 aromatic rings. The van der Waals surface area contributed by atoms with E-state index in [1.54, 1.807) is 0 Å². The van der Waals surface area contributed by atoms with Crippen LogP contribution in [-0.4, -0.2) is 0 Å². The third-order valence-electron chi connectivity index (χ3n) is 3.37. The minimum absolute atomic E-state index is 1.02. The van der Waals surface area contributed by atoms with Crippen molar-refractivity contribution in [3.05, 3.63) is 77.9 Å². The molecule has 0 spiro atoms. The van der Waals surface area contributed by atoms with Gasteiger partial charge in [0.1, 0.15) is 0 Å². The Balaban J connectivity index is 2.13. The maximum atomic E-state index is 2.39. The lowest BCUT2D eigenvalue weighted by Crippen LogP contribution is -1.88. The second-order valence-corrected chi connectivity index (χ2v) is 4.89. The van der Waals surface area contributed by atoms with Gasteiger partial charge in [-0.3, -0.25) is 0 Å². The van der Waals surface area contributed by atoms with Gasteiger partial charge in [0, 0.05) is 0 Å². The minimum atomic E-state index is 1.02. The van der Waals surface area contributed by atoms with Crippen molar-refractivity contribution in [3.8, 4) is 0 Å². The van der Waals surface area contributed by atoms with Gasteiger partial charge in [-0.2, -0.15) is 0 Å². The van der Waals surface area contributed by atoms with Crippen LogP contribution in [0.15, 0.2) is 66.7 Å². The van der Waals surface area contributed by atoms with Gasteiger partial charge in [-0.25, -0.2) is 0 Å². The summed E-state index contributed by atoms with van der Waals surface area (Å²) in [5, 5.41) is 0. The molecule has 0 atom stereocenters. The Morgan fingerprint density at radius 2 is 1.53 bits per heavy atom. The van der Waals surface area contributed by atoms with Gasteiger partial charge >= 0.3 is 0 Å². The van der Waals surface area contributed by atoms with Crippen LogP contribution in [0.2, 0.25) is 0 Å². The minimum Gasteiger partial charge on any atom is -0.0763 e. The maximum Gasteiger partial charge on any atom is -0.00914 e. The van der Waals surface area contributed by atoms with Gasteiger partial charge in [0.2, 0.25) is 0 Å². The Labute approximate surface area is 116 Å². The first-order valence-electron chi connectivity index (χ1n) is 7.18. The van der Waals surface area contributed by atoms with Crippen LogP contribution in [0.5, 0.6) is 0 Å². The number of hydrogen-bond donors (Lipinski definition) is 0. The predicted octanol–water partition coefficient (Wildman–Crippen LogP) is 5.50. The summed E-state index contributed by atoms with van der Waals surface area (Å²) in [7, 11) is 0. The van der Waals surface area contributed by atoms with Crippen molar-refractivity contribution in [1.29, 1.82) is 0 Å². The molecule has 2 aromatic carbocycles. The Hall–Kier alpha value is -1.82. The molecule has 2 rings (SSSR count). The second-order valence-electron chi connectivity index (χ2n) is 4.89. The van der Waals surface area contributed by atoms with Crippen LogP contribution in [0.3, 0.4) is 0 Å². The van der Waals surface area contributed by atoms with Gasteiger partial charge in [-0.15, -0.1) is 0 Å². The highest BCUT2D eigenvalue weighted by Crippen LogP contribution is 2.21. The first kappa shape index (κ1) is 13.6. The zero-order chi connectivity index (χ0) is 13.3. The lowest BCUT2D eigenvalue weighted by Gasteiger charge is -2.08. The lowest BCUT2D eigenvalue weighted by molar-refractivity contribution is 0.823. The molecule has 0 aliphatic heterocycles. The van der Waals surface area contributed by atoms with Crippen LogP contribution in [0.25, 0.3) is 5.57 Å². The summed E-state index contributed by atoms with van der Waals surface area (Å²) >= 11 is 0.